The zero-order valence-corrected chi connectivity index (χ0v) is 22.6. The van der Waals surface area contributed by atoms with Gasteiger partial charge in [-0.2, -0.15) is 5.10 Å². The third kappa shape index (κ3) is 7.44. The largest absolute Gasteiger partial charge is 0.322 e. The maximum Gasteiger partial charge on any atom is 0.322 e. The second-order valence-electron chi connectivity index (χ2n) is 10.9. The fourth-order valence-corrected chi connectivity index (χ4v) is 3.65. The number of anilines is 2. The highest BCUT2D eigenvalue weighted by molar-refractivity contribution is 5.96. The van der Waals surface area contributed by atoms with Gasteiger partial charge in [0.15, 0.2) is 0 Å². The Kier molecular flexibility index (Phi) is 8.56. The smallest absolute Gasteiger partial charge is 0.315 e. The van der Waals surface area contributed by atoms with Crippen LogP contribution in [0.4, 0.5) is 16.3 Å². The molecular weight excluding hydrogens is 450 g/mol. The monoisotopic (exact) mass is 489 g/mol. The van der Waals surface area contributed by atoms with Gasteiger partial charge in [0.1, 0.15) is 12.4 Å². The molecule has 0 saturated heterocycles. The molecule has 3 rings (SSSR count). The van der Waals surface area contributed by atoms with Crippen molar-refractivity contribution in [3.63, 3.8) is 0 Å². The summed E-state index contributed by atoms with van der Waals surface area (Å²) in [4.78, 5) is 27.8. The van der Waals surface area contributed by atoms with Crippen molar-refractivity contribution in [3.8, 4) is 5.69 Å². The Balaban J connectivity index is 1.81. The minimum absolute atomic E-state index is 0.0612. The van der Waals surface area contributed by atoms with Gasteiger partial charge in [0.25, 0.3) is 0 Å². The number of carbonyl (C=O) groups is 2. The van der Waals surface area contributed by atoms with Gasteiger partial charge in [-0.15, -0.1) is 0 Å². The maximum absolute atomic E-state index is 13.2. The molecule has 3 aromatic rings. The molecule has 7 nitrogen and oxygen atoms in total. The molecule has 1 aromatic heterocycles. The number of hydrogen-bond donors (Lipinski definition) is 2. The van der Waals surface area contributed by atoms with Crippen LogP contribution in [0.3, 0.4) is 0 Å². The van der Waals surface area contributed by atoms with Crippen molar-refractivity contribution >= 4 is 23.4 Å². The zero-order chi connectivity index (χ0) is 26.5. The van der Waals surface area contributed by atoms with Crippen molar-refractivity contribution in [1.82, 2.24) is 14.7 Å². The quantitative estimate of drug-likeness (QED) is 0.389. The van der Waals surface area contributed by atoms with Crippen molar-refractivity contribution < 1.29 is 9.59 Å². The Morgan fingerprint density at radius 3 is 2.28 bits per heavy atom. The van der Waals surface area contributed by atoms with Crippen LogP contribution < -0.4 is 10.6 Å². The summed E-state index contributed by atoms with van der Waals surface area (Å²) in [6.07, 6.45) is 0.796. The average Bonchev–Trinajstić information content (AvgIpc) is 3.22. The summed E-state index contributed by atoms with van der Waals surface area (Å²) in [5.41, 5.74) is 4.47. The van der Waals surface area contributed by atoms with Crippen molar-refractivity contribution in [2.45, 2.75) is 60.3 Å². The number of rotatable bonds is 8. The maximum atomic E-state index is 13.2. The van der Waals surface area contributed by atoms with Crippen LogP contribution in [0, 0.1) is 19.8 Å². The Morgan fingerprint density at radius 1 is 0.972 bits per heavy atom. The summed E-state index contributed by atoms with van der Waals surface area (Å²) in [6.45, 7) is 14.9. The van der Waals surface area contributed by atoms with Gasteiger partial charge in [0, 0.05) is 23.7 Å². The third-order valence-electron chi connectivity index (χ3n) is 5.89. The molecule has 192 valence electrons. The lowest BCUT2D eigenvalue weighted by molar-refractivity contribution is -0.116. The molecule has 0 aliphatic carbocycles. The predicted octanol–water partition coefficient (Wildman–Crippen LogP) is 6.31. The van der Waals surface area contributed by atoms with E-state index in [4.69, 9.17) is 5.10 Å². The number of urea groups is 1. The van der Waals surface area contributed by atoms with Gasteiger partial charge in [-0.05, 0) is 56.0 Å². The van der Waals surface area contributed by atoms with E-state index in [1.165, 1.54) is 0 Å². The fourth-order valence-electron chi connectivity index (χ4n) is 3.65. The van der Waals surface area contributed by atoms with Crippen LogP contribution in [0.5, 0.6) is 0 Å². The summed E-state index contributed by atoms with van der Waals surface area (Å²) in [7, 11) is 0. The molecule has 0 fully saturated rings. The van der Waals surface area contributed by atoms with Gasteiger partial charge in [0.2, 0.25) is 5.91 Å². The van der Waals surface area contributed by atoms with E-state index in [0.29, 0.717) is 24.0 Å². The summed E-state index contributed by atoms with van der Waals surface area (Å²) >= 11 is 0. The van der Waals surface area contributed by atoms with E-state index in [-0.39, 0.29) is 23.9 Å². The number of benzene rings is 2. The first kappa shape index (κ1) is 27.0. The number of aryl methyl sites for hydroxylation is 2. The lowest BCUT2D eigenvalue weighted by atomic mass is 9.92. The third-order valence-corrected chi connectivity index (χ3v) is 5.89. The van der Waals surface area contributed by atoms with Crippen molar-refractivity contribution in [2.75, 3.05) is 23.7 Å². The van der Waals surface area contributed by atoms with Gasteiger partial charge in [-0.1, -0.05) is 64.4 Å². The molecular formula is C29H39N5O2. The molecule has 0 atom stereocenters. The van der Waals surface area contributed by atoms with Crippen LogP contribution in [-0.2, 0) is 10.2 Å². The molecule has 7 heteroatoms. The molecule has 0 spiro atoms. The fraction of sp³-hybridized carbons (Fsp3) is 0.414. The summed E-state index contributed by atoms with van der Waals surface area (Å²) in [5.74, 6) is 0.713. The van der Waals surface area contributed by atoms with Crippen LogP contribution in [0.15, 0.2) is 54.6 Å². The summed E-state index contributed by atoms with van der Waals surface area (Å²) in [6, 6.07) is 17.2. The van der Waals surface area contributed by atoms with Crippen LogP contribution in [-0.4, -0.2) is 39.7 Å². The van der Waals surface area contributed by atoms with Gasteiger partial charge >= 0.3 is 6.03 Å². The second kappa shape index (κ2) is 11.4. The van der Waals surface area contributed by atoms with Gasteiger partial charge in [-0.3, -0.25) is 4.79 Å². The van der Waals surface area contributed by atoms with Crippen molar-refractivity contribution in [1.29, 1.82) is 0 Å². The second-order valence-corrected chi connectivity index (χ2v) is 10.9. The SMILES string of the molecule is Cc1ccc(NC(=O)N(CCC(C)C)CC(=O)Nc2cc(C(C)(C)C)nn2-c2cccc(C)c2)cc1. The lowest BCUT2D eigenvalue weighted by Gasteiger charge is -2.23. The van der Waals surface area contributed by atoms with Crippen LogP contribution >= 0.6 is 0 Å². The minimum atomic E-state index is -0.294. The van der Waals surface area contributed by atoms with E-state index in [9.17, 15) is 9.59 Å². The van der Waals surface area contributed by atoms with Crippen molar-refractivity contribution in [3.05, 3.63) is 71.4 Å². The van der Waals surface area contributed by atoms with Gasteiger partial charge in [0.05, 0.1) is 11.4 Å². The minimum Gasteiger partial charge on any atom is -0.315 e. The summed E-state index contributed by atoms with van der Waals surface area (Å²) < 4.78 is 1.76. The molecule has 36 heavy (non-hydrogen) atoms. The van der Waals surface area contributed by atoms with Crippen LogP contribution in [0.2, 0.25) is 0 Å². The number of amides is 3. The Labute approximate surface area is 214 Å². The molecule has 3 amide bonds. The van der Waals surface area contributed by atoms with Gasteiger partial charge in [-0.25, -0.2) is 9.48 Å². The Bertz CT molecular complexity index is 1190. The number of carbonyl (C=O) groups excluding carboxylic acids is 2. The highest BCUT2D eigenvalue weighted by Crippen LogP contribution is 2.26. The molecule has 2 aromatic carbocycles. The zero-order valence-electron chi connectivity index (χ0n) is 22.6. The number of nitrogens with one attached hydrogen (secondary N) is 2. The van der Waals surface area contributed by atoms with E-state index in [1.807, 2.05) is 68.4 Å². The Morgan fingerprint density at radius 2 is 1.67 bits per heavy atom. The molecule has 0 unspecified atom stereocenters. The first-order chi connectivity index (χ1) is 16.9. The van der Waals surface area contributed by atoms with Crippen LogP contribution in [0.25, 0.3) is 5.69 Å². The molecule has 2 N–H and O–H groups in total. The molecule has 0 bridgehead atoms. The normalized spacial score (nSPS) is 11.4. The summed E-state index contributed by atoms with van der Waals surface area (Å²) in [5, 5.41) is 10.7. The highest BCUT2D eigenvalue weighted by Gasteiger charge is 2.23. The average molecular weight is 490 g/mol. The first-order valence-electron chi connectivity index (χ1n) is 12.5. The Hall–Kier alpha value is -3.61. The molecule has 0 aliphatic rings. The number of aromatic nitrogens is 2. The molecule has 1 heterocycles. The lowest BCUT2D eigenvalue weighted by Crippen LogP contribution is -2.41. The molecule has 0 radical (unpaired) electrons. The van der Waals surface area contributed by atoms with E-state index in [1.54, 1.807) is 9.58 Å². The first-order valence-corrected chi connectivity index (χ1v) is 12.5. The molecule has 0 aliphatic heterocycles. The van der Waals surface area contributed by atoms with Crippen molar-refractivity contribution in [2.24, 2.45) is 5.92 Å². The van der Waals surface area contributed by atoms with E-state index >= 15 is 0 Å². The number of nitrogens with zero attached hydrogens (tertiary/aromatic N) is 3. The topological polar surface area (TPSA) is 79.3 Å². The van der Waals surface area contributed by atoms with E-state index in [0.717, 1.165) is 28.9 Å². The van der Waals surface area contributed by atoms with Crippen LogP contribution in [0.1, 0.15) is 57.9 Å². The standard InChI is InChI=1S/C29H39N5O2/c1-20(2)15-16-33(28(36)30-23-13-11-21(3)12-14-23)19-27(35)31-26-18-25(29(5,6)7)32-34(26)24-10-8-9-22(4)17-24/h8-14,17-18,20H,15-16,19H2,1-7H3,(H,30,36)(H,31,35). The highest BCUT2D eigenvalue weighted by atomic mass is 16.2. The number of hydrogen-bond acceptors (Lipinski definition) is 3. The van der Waals surface area contributed by atoms with E-state index < -0.39 is 0 Å². The van der Waals surface area contributed by atoms with Gasteiger partial charge < -0.3 is 15.5 Å². The predicted molar refractivity (Wildman–Crippen MR) is 147 cm³/mol. The molecule has 0 saturated carbocycles. The van der Waals surface area contributed by atoms with E-state index in [2.05, 4.69) is 45.3 Å².